The maximum atomic E-state index is 12.0. The van der Waals surface area contributed by atoms with Crippen LogP contribution < -0.4 is 4.74 Å². The van der Waals surface area contributed by atoms with Gasteiger partial charge in [0, 0.05) is 17.8 Å². The van der Waals surface area contributed by atoms with Crippen LogP contribution in [-0.2, 0) is 10.2 Å². The highest BCUT2D eigenvalue weighted by molar-refractivity contribution is 5.89. The molecule has 2 atom stereocenters. The Balaban J connectivity index is 1.79. The molecule has 5 heteroatoms. The summed E-state index contributed by atoms with van der Waals surface area (Å²) in [6, 6.07) is 5.91. The Morgan fingerprint density at radius 2 is 1.89 bits per heavy atom. The summed E-state index contributed by atoms with van der Waals surface area (Å²) in [6.45, 7) is 0. The van der Waals surface area contributed by atoms with Gasteiger partial charge in [0.25, 0.3) is 0 Å². The molecule has 0 N–H and O–H groups in total. The lowest BCUT2D eigenvalue weighted by Gasteiger charge is -2.13. The van der Waals surface area contributed by atoms with Crippen LogP contribution in [0.1, 0.15) is 24.8 Å². The lowest BCUT2D eigenvalue weighted by atomic mass is 9.93. The molecule has 18 heavy (non-hydrogen) atoms. The van der Waals surface area contributed by atoms with Crippen LogP contribution in [0.15, 0.2) is 24.3 Å². The molecule has 0 spiro atoms. The highest BCUT2D eigenvalue weighted by Gasteiger charge is 2.62. The summed E-state index contributed by atoms with van der Waals surface area (Å²) in [5.41, 5.74) is 0.862. The van der Waals surface area contributed by atoms with Gasteiger partial charge in [0.1, 0.15) is 11.5 Å². The summed E-state index contributed by atoms with van der Waals surface area (Å²) in [4.78, 5) is 11.5. The second-order valence-corrected chi connectivity index (χ2v) is 4.95. The standard InChI is InChI=1S/C13H11F3O2/c14-13(15,16)18-9-3-1-8(2-4-9)12-6-5-11(17)10(12)7-12/h1-4,10H,5-7H2. The molecule has 2 nitrogen and oxygen atoms in total. The Labute approximate surface area is 102 Å². The smallest absolute Gasteiger partial charge is 0.406 e. The van der Waals surface area contributed by atoms with Gasteiger partial charge in [-0.3, -0.25) is 4.79 Å². The maximum Gasteiger partial charge on any atom is 0.573 e. The molecule has 0 aromatic heterocycles. The number of hydrogen-bond donors (Lipinski definition) is 0. The third-order valence-electron chi connectivity index (χ3n) is 3.94. The highest BCUT2D eigenvalue weighted by Crippen LogP contribution is 2.62. The van der Waals surface area contributed by atoms with E-state index in [1.165, 1.54) is 12.1 Å². The minimum atomic E-state index is -4.66. The third-order valence-corrected chi connectivity index (χ3v) is 3.94. The minimum Gasteiger partial charge on any atom is -0.406 e. The summed E-state index contributed by atoms with van der Waals surface area (Å²) in [7, 11) is 0. The van der Waals surface area contributed by atoms with E-state index < -0.39 is 6.36 Å². The molecule has 0 bridgehead atoms. The SMILES string of the molecule is O=C1CCC2(c3ccc(OC(F)(F)F)cc3)CC12. The third kappa shape index (κ3) is 1.78. The zero-order valence-corrected chi connectivity index (χ0v) is 9.46. The van der Waals surface area contributed by atoms with Crippen LogP contribution >= 0.6 is 0 Å². The molecule has 0 amide bonds. The predicted molar refractivity (Wildman–Crippen MR) is 57.2 cm³/mol. The quantitative estimate of drug-likeness (QED) is 0.812. The molecular weight excluding hydrogens is 245 g/mol. The first-order chi connectivity index (χ1) is 8.41. The summed E-state index contributed by atoms with van der Waals surface area (Å²) in [5.74, 6) is 0.154. The van der Waals surface area contributed by atoms with Crippen molar-refractivity contribution in [1.82, 2.24) is 0 Å². The van der Waals surface area contributed by atoms with Gasteiger partial charge in [-0.05, 0) is 30.5 Å². The molecule has 0 aliphatic heterocycles. The van der Waals surface area contributed by atoms with Crippen molar-refractivity contribution in [2.75, 3.05) is 0 Å². The van der Waals surface area contributed by atoms with Gasteiger partial charge in [-0.2, -0.15) is 0 Å². The molecule has 1 aromatic rings. The predicted octanol–water partition coefficient (Wildman–Crippen LogP) is 3.21. The number of rotatable bonds is 2. The lowest BCUT2D eigenvalue weighted by Crippen LogP contribution is -2.17. The molecule has 2 fully saturated rings. The number of hydrogen-bond acceptors (Lipinski definition) is 2. The van der Waals surface area contributed by atoms with Gasteiger partial charge in [-0.25, -0.2) is 0 Å². The average Bonchev–Trinajstić information content (AvgIpc) is 2.93. The van der Waals surface area contributed by atoms with E-state index in [1.807, 2.05) is 0 Å². The molecule has 2 aliphatic rings. The number of fused-ring (bicyclic) bond motifs is 1. The summed E-state index contributed by atoms with van der Waals surface area (Å²) in [5, 5.41) is 0. The molecular formula is C13H11F3O2. The molecule has 1 aromatic carbocycles. The number of carbonyl (C=O) groups excluding carboxylic acids is 1. The number of ether oxygens (including phenoxy) is 1. The fourth-order valence-corrected chi connectivity index (χ4v) is 2.98. The van der Waals surface area contributed by atoms with Gasteiger partial charge in [0.05, 0.1) is 0 Å². The van der Waals surface area contributed by atoms with Crippen molar-refractivity contribution >= 4 is 5.78 Å². The minimum absolute atomic E-state index is 0.0894. The topological polar surface area (TPSA) is 26.3 Å². The van der Waals surface area contributed by atoms with Crippen LogP contribution in [-0.4, -0.2) is 12.1 Å². The second kappa shape index (κ2) is 3.49. The van der Waals surface area contributed by atoms with E-state index in [1.54, 1.807) is 12.1 Å². The average molecular weight is 256 g/mol. The van der Waals surface area contributed by atoms with Crippen molar-refractivity contribution in [3.8, 4) is 5.75 Å². The van der Waals surface area contributed by atoms with Gasteiger partial charge in [0.15, 0.2) is 0 Å². The zero-order valence-electron chi connectivity index (χ0n) is 9.46. The number of halogens is 3. The van der Waals surface area contributed by atoms with Gasteiger partial charge in [0.2, 0.25) is 0 Å². The van der Waals surface area contributed by atoms with Crippen molar-refractivity contribution in [3.63, 3.8) is 0 Å². The van der Waals surface area contributed by atoms with E-state index in [2.05, 4.69) is 4.74 Å². The monoisotopic (exact) mass is 256 g/mol. The van der Waals surface area contributed by atoms with Crippen molar-refractivity contribution < 1.29 is 22.7 Å². The van der Waals surface area contributed by atoms with Crippen LogP contribution in [0.5, 0.6) is 5.75 Å². The van der Waals surface area contributed by atoms with Crippen LogP contribution in [0, 0.1) is 5.92 Å². The molecule has 0 heterocycles. The molecule has 2 aliphatic carbocycles. The van der Waals surface area contributed by atoms with E-state index >= 15 is 0 Å². The number of ketones is 1. The van der Waals surface area contributed by atoms with E-state index in [4.69, 9.17) is 0 Å². The summed E-state index contributed by atoms with van der Waals surface area (Å²) >= 11 is 0. The number of Topliss-reactive ketones (excluding diaryl/α,β-unsaturated/α-hetero) is 1. The first-order valence-corrected chi connectivity index (χ1v) is 5.80. The van der Waals surface area contributed by atoms with Crippen LogP contribution in [0.2, 0.25) is 0 Å². The fraction of sp³-hybridized carbons (Fsp3) is 0.462. The number of carbonyl (C=O) groups is 1. The van der Waals surface area contributed by atoms with Crippen molar-refractivity contribution in [2.45, 2.75) is 31.0 Å². The molecule has 2 unspecified atom stereocenters. The Kier molecular flexibility index (Phi) is 2.24. The lowest BCUT2D eigenvalue weighted by molar-refractivity contribution is -0.274. The highest BCUT2D eigenvalue weighted by atomic mass is 19.4. The van der Waals surface area contributed by atoms with Crippen molar-refractivity contribution in [1.29, 1.82) is 0 Å². The Hall–Kier alpha value is -1.52. The van der Waals surface area contributed by atoms with Gasteiger partial charge in [-0.15, -0.1) is 13.2 Å². The fourth-order valence-electron chi connectivity index (χ4n) is 2.98. The van der Waals surface area contributed by atoms with Crippen LogP contribution in [0.3, 0.4) is 0 Å². The zero-order chi connectivity index (χ0) is 13.0. The molecule has 0 saturated heterocycles. The summed E-state index contributed by atoms with van der Waals surface area (Å²) in [6.07, 6.45) is -2.42. The Bertz CT molecular complexity index is 492. The largest absolute Gasteiger partial charge is 0.573 e. The first-order valence-electron chi connectivity index (χ1n) is 5.80. The van der Waals surface area contributed by atoms with Gasteiger partial charge >= 0.3 is 6.36 Å². The van der Waals surface area contributed by atoms with E-state index in [-0.39, 0.29) is 22.9 Å². The molecule has 3 rings (SSSR count). The van der Waals surface area contributed by atoms with Crippen molar-refractivity contribution in [3.05, 3.63) is 29.8 Å². The van der Waals surface area contributed by atoms with Crippen LogP contribution in [0.25, 0.3) is 0 Å². The molecule has 2 saturated carbocycles. The van der Waals surface area contributed by atoms with E-state index in [0.717, 1.165) is 18.4 Å². The Morgan fingerprint density at radius 1 is 1.22 bits per heavy atom. The Morgan fingerprint density at radius 3 is 2.33 bits per heavy atom. The molecule has 96 valence electrons. The maximum absolute atomic E-state index is 12.0. The van der Waals surface area contributed by atoms with Gasteiger partial charge < -0.3 is 4.74 Å². The molecule has 0 radical (unpaired) electrons. The van der Waals surface area contributed by atoms with E-state index in [0.29, 0.717) is 6.42 Å². The van der Waals surface area contributed by atoms with Crippen LogP contribution in [0.4, 0.5) is 13.2 Å². The summed E-state index contributed by atoms with van der Waals surface area (Å²) < 4.78 is 39.9. The van der Waals surface area contributed by atoms with Gasteiger partial charge in [-0.1, -0.05) is 12.1 Å². The first kappa shape index (κ1) is 11.6. The number of benzene rings is 1. The second-order valence-electron chi connectivity index (χ2n) is 4.95. The van der Waals surface area contributed by atoms with E-state index in [9.17, 15) is 18.0 Å². The number of alkyl halides is 3. The normalized spacial score (nSPS) is 30.2. The van der Waals surface area contributed by atoms with Crippen molar-refractivity contribution in [2.24, 2.45) is 5.92 Å².